The number of nitrogens with one attached hydrogen (secondary N) is 1. The van der Waals surface area contributed by atoms with Gasteiger partial charge in [-0.05, 0) is 36.4 Å². The van der Waals surface area contributed by atoms with Gasteiger partial charge in [0.05, 0.1) is 24.5 Å². The Morgan fingerprint density at radius 1 is 1.15 bits per heavy atom. The van der Waals surface area contributed by atoms with E-state index in [0.29, 0.717) is 23.0 Å². The van der Waals surface area contributed by atoms with Crippen LogP contribution >= 0.6 is 11.6 Å². The number of rotatable bonds is 5. The lowest BCUT2D eigenvalue weighted by Gasteiger charge is -2.05. The Morgan fingerprint density at radius 3 is 2.81 bits per heavy atom. The fraction of sp³-hybridized carbons (Fsp3) is 0.0526. The predicted molar refractivity (Wildman–Crippen MR) is 96.2 cm³/mol. The van der Waals surface area contributed by atoms with Crippen LogP contribution in [0.5, 0.6) is 0 Å². The minimum Gasteiger partial charge on any atom is -0.472 e. The summed E-state index contributed by atoms with van der Waals surface area (Å²) in [6, 6.07) is 14.3. The van der Waals surface area contributed by atoms with E-state index in [0.717, 1.165) is 11.3 Å². The highest BCUT2D eigenvalue weighted by Crippen LogP contribution is 2.25. The third-order valence-corrected chi connectivity index (χ3v) is 4.04. The summed E-state index contributed by atoms with van der Waals surface area (Å²) in [6.07, 6.45) is 4.72. The molecule has 0 spiro atoms. The maximum Gasteiger partial charge on any atom is 0.272 e. The lowest BCUT2D eigenvalue weighted by molar-refractivity contribution is 0.0945. The Balaban J connectivity index is 1.68. The van der Waals surface area contributed by atoms with Gasteiger partial charge in [0, 0.05) is 23.2 Å². The van der Waals surface area contributed by atoms with Gasteiger partial charge in [-0.15, -0.1) is 0 Å². The van der Waals surface area contributed by atoms with Crippen molar-refractivity contribution in [2.45, 2.75) is 6.54 Å². The Labute approximate surface area is 154 Å². The summed E-state index contributed by atoms with van der Waals surface area (Å²) in [5.74, 6) is 0.311. The molecular formula is C19H14ClN3O3. The van der Waals surface area contributed by atoms with Crippen LogP contribution in [0.25, 0.3) is 17.1 Å². The Bertz CT molecular complexity index is 1020. The Morgan fingerprint density at radius 2 is 2.08 bits per heavy atom. The first-order valence-electron chi connectivity index (χ1n) is 7.90. The number of nitrogens with zero attached hydrogens (tertiary/aromatic N) is 2. The van der Waals surface area contributed by atoms with Gasteiger partial charge in [0.25, 0.3) is 5.91 Å². The van der Waals surface area contributed by atoms with Crippen LogP contribution in [0.3, 0.4) is 0 Å². The number of carbonyl (C=O) groups is 1. The van der Waals surface area contributed by atoms with Crippen molar-refractivity contribution in [2.24, 2.45) is 0 Å². The molecule has 0 aliphatic rings. The van der Waals surface area contributed by atoms with Crippen LogP contribution in [0.15, 0.2) is 76.2 Å². The van der Waals surface area contributed by atoms with E-state index in [2.05, 4.69) is 10.4 Å². The molecule has 0 saturated carbocycles. The van der Waals surface area contributed by atoms with E-state index in [-0.39, 0.29) is 11.6 Å². The van der Waals surface area contributed by atoms with E-state index in [9.17, 15) is 4.79 Å². The van der Waals surface area contributed by atoms with Crippen LogP contribution < -0.4 is 5.32 Å². The fourth-order valence-electron chi connectivity index (χ4n) is 2.56. The summed E-state index contributed by atoms with van der Waals surface area (Å²) < 4.78 is 12.1. The summed E-state index contributed by atoms with van der Waals surface area (Å²) in [5, 5.41) is 7.84. The molecule has 0 fully saturated rings. The normalized spacial score (nSPS) is 10.8. The zero-order valence-electron chi connectivity index (χ0n) is 13.6. The molecule has 0 unspecified atom stereocenters. The van der Waals surface area contributed by atoms with Crippen molar-refractivity contribution in [3.63, 3.8) is 0 Å². The molecule has 1 aromatic carbocycles. The van der Waals surface area contributed by atoms with Crippen LogP contribution in [-0.4, -0.2) is 15.7 Å². The molecule has 1 N–H and O–H groups in total. The molecule has 1 amide bonds. The van der Waals surface area contributed by atoms with Crippen molar-refractivity contribution in [1.82, 2.24) is 15.1 Å². The van der Waals surface area contributed by atoms with Crippen molar-refractivity contribution < 1.29 is 13.6 Å². The number of hydrogen-bond acceptors (Lipinski definition) is 4. The average Bonchev–Trinajstić information content (AvgIpc) is 3.40. The highest BCUT2D eigenvalue weighted by molar-refractivity contribution is 6.30. The van der Waals surface area contributed by atoms with E-state index in [1.807, 2.05) is 18.2 Å². The number of furan rings is 2. The molecule has 0 atom stereocenters. The molecule has 0 radical (unpaired) electrons. The van der Waals surface area contributed by atoms with Crippen LogP contribution in [-0.2, 0) is 6.54 Å². The first-order chi connectivity index (χ1) is 12.7. The molecule has 7 heteroatoms. The van der Waals surface area contributed by atoms with Crippen LogP contribution in [0.4, 0.5) is 0 Å². The van der Waals surface area contributed by atoms with Gasteiger partial charge in [-0.25, -0.2) is 4.68 Å². The molecule has 130 valence electrons. The maximum atomic E-state index is 12.5. The van der Waals surface area contributed by atoms with E-state index < -0.39 is 0 Å². The second-order valence-corrected chi connectivity index (χ2v) is 6.03. The van der Waals surface area contributed by atoms with Crippen LogP contribution in [0.2, 0.25) is 5.02 Å². The topological polar surface area (TPSA) is 73.2 Å². The summed E-state index contributed by atoms with van der Waals surface area (Å²) in [5.41, 5.74) is 2.54. The summed E-state index contributed by atoms with van der Waals surface area (Å²) >= 11 is 6.10. The smallest absolute Gasteiger partial charge is 0.272 e. The zero-order chi connectivity index (χ0) is 17.9. The van der Waals surface area contributed by atoms with E-state index in [1.165, 1.54) is 0 Å². The summed E-state index contributed by atoms with van der Waals surface area (Å²) in [6.45, 7) is 0.357. The zero-order valence-corrected chi connectivity index (χ0v) is 14.3. The minimum absolute atomic E-state index is 0.278. The molecule has 3 heterocycles. The lowest BCUT2D eigenvalue weighted by Crippen LogP contribution is -2.23. The van der Waals surface area contributed by atoms with Gasteiger partial charge in [-0.2, -0.15) is 5.10 Å². The van der Waals surface area contributed by atoms with Gasteiger partial charge in [0.1, 0.15) is 5.69 Å². The second kappa shape index (κ2) is 6.93. The number of amides is 1. The monoisotopic (exact) mass is 367 g/mol. The molecule has 0 saturated heterocycles. The van der Waals surface area contributed by atoms with E-state index in [4.69, 9.17) is 20.4 Å². The van der Waals surface area contributed by atoms with Gasteiger partial charge in [-0.1, -0.05) is 17.7 Å². The third kappa shape index (κ3) is 3.27. The molecule has 3 aromatic heterocycles. The van der Waals surface area contributed by atoms with Crippen LogP contribution in [0.1, 0.15) is 16.1 Å². The maximum absolute atomic E-state index is 12.5. The van der Waals surface area contributed by atoms with Crippen molar-refractivity contribution >= 4 is 17.5 Å². The molecule has 0 aliphatic carbocycles. The van der Waals surface area contributed by atoms with Gasteiger partial charge in [0.15, 0.2) is 11.5 Å². The standard InChI is InChI=1S/C19H14ClN3O3/c20-14-3-1-4-15(9-14)23-17(18-5-2-7-26-18)10-16(22-23)19(24)21-11-13-6-8-25-12-13/h1-10,12H,11H2,(H,21,24). The van der Waals surface area contributed by atoms with Crippen molar-refractivity contribution in [1.29, 1.82) is 0 Å². The highest BCUT2D eigenvalue weighted by Gasteiger charge is 2.18. The van der Waals surface area contributed by atoms with Gasteiger partial charge in [0.2, 0.25) is 0 Å². The van der Waals surface area contributed by atoms with Gasteiger partial charge in [-0.3, -0.25) is 4.79 Å². The average molecular weight is 368 g/mol. The quantitative estimate of drug-likeness (QED) is 0.570. The second-order valence-electron chi connectivity index (χ2n) is 5.60. The SMILES string of the molecule is O=C(NCc1ccoc1)c1cc(-c2ccco2)n(-c2cccc(Cl)c2)n1. The molecule has 0 bridgehead atoms. The lowest BCUT2D eigenvalue weighted by atomic mass is 10.2. The number of benzene rings is 1. The van der Waals surface area contributed by atoms with E-state index in [1.54, 1.807) is 53.8 Å². The fourth-order valence-corrected chi connectivity index (χ4v) is 2.75. The summed E-state index contributed by atoms with van der Waals surface area (Å²) in [7, 11) is 0. The van der Waals surface area contributed by atoms with Gasteiger partial charge >= 0.3 is 0 Å². The van der Waals surface area contributed by atoms with Crippen molar-refractivity contribution in [2.75, 3.05) is 0 Å². The molecule has 4 rings (SSSR count). The van der Waals surface area contributed by atoms with Gasteiger partial charge < -0.3 is 14.2 Å². The number of halogens is 1. The van der Waals surface area contributed by atoms with Crippen molar-refractivity contribution in [3.05, 3.63) is 83.6 Å². The number of hydrogen-bond donors (Lipinski definition) is 1. The molecule has 26 heavy (non-hydrogen) atoms. The molecule has 0 aliphatic heterocycles. The number of aromatic nitrogens is 2. The first-order valence-corrected chi connectivity index (χ1v) is 8.27. The molecule has 6 nitrogen and oxygen atoms in total. The minimum atomic E-state index is -0.292. The van der Waals surface area contributed by atoms with Crippen molar-refractivity contribution in [3.8, 4) is 17.1 Å². The summed E-state index contributed by atoms with van der Waals surface area (Å²) in [4.78, 5) is 12.5. The Hall–Kier alpha value is -3.25. The predicted octanol–water partition coefficient (Wildman–Crippen LogP) is 4.31. The first kappa shape index (κ1) is 16.2. The highest BCUT2D eigenvalue weighted by atomic mass is 35.5. The van der Waals surface area contributed by atoms with Crippen LogP contribution in [0, 0.1) is 0 Å². The molecular weight excluding hydrogens is 354 g/mol. The number of carbonyl (C=O) groups excluding carboxylic acids is 1. The van der Waals surface area contributed by atoms with E-state index >= 15 is 0 Å². The Kier molecular flexibility index (Phi) is 4.33. The molecule has 4 aromatic rings. The largest absolute Gasteiger partial charge is 0.472 e. The third-order valence-electron chi connectivity index (χ3n) is 3.80.